The Bertz CT molecular complexity index is 304. The van der Waals surface area contributed by atoms with Gasteiger partial charge in [-0.15, -0.1) is 0 Å². The monoisotopic (exact) mass is 236 g/mol. The molecule has 17 heavy (non-hydrogen) atoms. The molecular weight excluding hydrogens is 204 g/mol. The summed E-state index contributed by atoms with van der Waals surface area (Å²) in [4.78, 5) is 0. The molecule has 0 amide bonds. The Morgan fingerprint density at radius 2 is 1.53 bits per heavy atom. The van der Waals surface area contributed by atoms with Gasteiger partial charge in [-0.25, -0.2) is 0 Å². The summed E-state index contributed by atoms with van der Waals surface area (Å²) in [5.41, 5.74) is 1.60. The first kappa shape index (κ1) is 13.4. The Hall–Kier alpha value is 0. The van der Waals surface area contributed by atoms with Crippen molar-refractivity contribution in [1.82, 2.24) is 0 Å². The van der Waals surface area contributed by atoms with Crippen LogP contribution in [0.2, 0.25) is 0 Å². The zero-order valence-electron chi connectivity index (χ0n) is 13.2. The second kappa shape index (κ2) is 3.52. The molecule has 100 valence electrons. The van der Waals surface area contributed by atoms with E-state index in [1.54, 1.807) is 0 Å². The summed E-state index contributed by atoms with van der Waals surface area (Å²) in [7, 11) is 0. The van der Waals surface area contributed by atoms with E-state index < -0.39 is 0 Å². The largest absolute Gasteiger partial charge is 0.0622 e. The predicted octanol–water partition coefficient (Wildman–Crippen LogP) is 5.38. The van der Waals surface area contributed by atoms with E-state index in [0.29, 0.717) is 16.2 Å². The maximum Gasteiger partial charge on any atom is -0.0236 e. The lowest BCUT2D eigenvalue weighted by molar-refractivity contribution is -0.222. The molecule has 0 nitrogen and oxygen atoms in total. The third-order valence-electron chi connectivity index (χ3n) is 6.78. The van der Waals surface area contributed by atoms with E-state index in [9.17, 15) is 0 Å². The molecule has 3 aliphatic carbocycles. The molecule has 0 spiro atoms. The van der Waals surface area contributed by atoms with Crippen LogP contribution in [-0.2, 0) is 0 Å². The molecule has 0 aromatic carbocycles. The van der Waals surface area contributed by atoms with Crippen LogP contribution in [0.3, 0.4) is 0 Å². The van der Waals surface area contributed by atoms with Crippen LogP contribution in [0, 0.1) is 39.9 Å². The average molecular weight is 236 g/mol. The number of fused-ring (bicyclic) bond motifs is 2. The number of rotatable bonds is 1. The maximum absolute atomic E-state index is 2.59. The fraction of sp³-hybridized carbons (Fsp3) is 1.00. The normalized spacial score (nSPS) is 44.6. The molecule has 0 aliphatic heterocycles. The predicted molar refractivity (Wildman–Crippen MR) is 75.9 cm³/mol. The van der Waals surface area contributed by atoms with Gasteiger partial charge in [-0.05, 0) is 52.8 Å². The average Bonchev–Trinajstić information content (AvgIpc) is 2.14. The highest BCUT2D eigenvalue weighted by Crippen LogP contribution is 2.72. The lowest BCUT2D eigenvalue weighted by atomic mass is 9.34. The molecule has 0 N–H and O–H groups in total. The van der Waals surface area contributed by atoms with E-state index in [1.807, 2.05) is 0 Å². The van der Waals surface area contributed by atoms with E-state index >= 15 is 0 Å². The van der Waals surface area contributed by atoms with Gasteiger partial charge in [0.05, 0.1) is 0 Å². The third kappa shape index (κ3) is 1.62. The van der Waals surface area contributed by atoms with Gasteiger partial charge in [-0.1, -0.05) is 55.4 Å². The van der Waals surface area contributed by atoms with Crippen molar-refractivity contribution in [3.05, 3.63) is 0 Å². The molecule has 3 fully saturated rings. The van der Waals surface area contributed by atoms with Crippen LogP contribution < -0.4 is 0 Å². The zero-order chi connectivity index (χ0) is 13.2. The van der Waals surface area contributed by atoms with Crippen molar-refractivity contribution >= 4 is 0 Å². The molecule has 0 radical (unpaired) electrons. The van der Waals surface area contributed by atoms with Crippen LogP contribution in [0.15, 0.2) is 0 Å². The highest BCUT2D eigenvalue weighted by Gasteiger charge is 2.65. The second-order valence-corrected chi connectivity index (χ2v) is 8.98. The Morgan fingerprint density at radius 1 is 1.00 bits per heavy atom. The lowest BCUT2D eigenvalue weighted by Gasteiger charge is -2.71. The van der Waals surface area contributed by atoms with Crippen molar-refractivity contribution in [3.8, 4) is 0 Å². The zero-order valence-corrected chi connectivity index (χ0v) is 13.2. The van der Waals surface area contributed by atoms with Crippen molar-refractivity contribution in [2.45, 2.75) is 68.2 Å². The maximum atomic E-state index is 2.59. The molecule has 4 atom stereocenters. The summed E-state index contributed by atoms with van der Waals surface area (Å²) in [5, 5.41) is 0. The third-order valence-corrected chi connectivity index (χ3v) is 6.78. The first-order valence-electron chi connectivity index (χ1n) is 7.52. The summed E-state index contributed by atoms with van der Waals surface area (Å²) in [6.45, 7) is 19.9. The smallest absolute Gasteiger partial charge is 0.0236 e. The molecule has 0 aromatic rings. The van der Waals surface area contributed by atoms with Crippen molar-refractivity contribution in [2.24, 2.45) is 39.9 Å². The Kier molecular flexibility index (Phi) is 2.78. The van der Waals surface area contributed by atoms with Gasteiger partial charge in [0.2, 0.25) is 0 Å². The van der Waals surface area contributed by atoms with Crippen molar-refractivity contribution in [3.63, 3.8) is 0 Å². The van der Waals surface area contributed by atoms with Crippen LogP contribution in [0.4, 0.5) is 0 Å². The Balaban J connectivity index is 2.39. The van der Waals surface area contributed by atoms with Gasteiger partial charge >= 0.3 is 0 Å². The fourth-order valence-electron chi connectivity index (χ4n) is 5.34. The van der Waals surface area contributed by atoms with Gasteiger partial charge in [0.25, 0.3) is 0 Å². The minimum absolute atomic E-state index is 0.465. The molecule has 0 heteroatoms. The summed E-state index contributed by atoms with van der Waals surface area (Å²) in [5.74, 6) is 3.63. The van der Waals surface area contributed by atoms with Crippen molar-refractivity contribution < 1.29 is 0 Å². The standard InChI is InChI=1S/C17H32/c1-11(2)17(8)13(15(3,4)5)9-12-10-14(17)16(12,6)7/h11-14H,9-10H2,1-8H3. The summed E-state index contributed by atoms with van der Waals surface area (Å²) < 4.78 is 0. The summed E-state index contributed by atoms with van der Waals surface area (Å²) in [6.07, 6.45) is 2.95. The van der Waals surface area contributed by atoms with E-state index in [2.05, 4.69) is 55.4 Å². The van der Waals surface area contributed by atoms with Gasteiger partial charge in [0.15, 0.2) is 0 Å². The second-order valence-electron chi connectivity index (χ2n) is 8.98. The SMILES string of the molecule is CC(C)C1(C)C(C(C)(C)C)CC2CC1C2(C)C. The molecule has 0 heterocycles. The van der Waals surface area contributed by atoms with Crippen LogP contribution >= 0.6 is 0 Å². The van der Waals surface area contributed by atoms with Crippen LogP contribution in [0.1, 0.15) is 68.2 Å². The van der Waals surface area contributed by atoms with Gasteiger partial charge in [-0.2, -0.15) is 0 Å². The van der Waals surface area contributed by atoms with Crippen molar-refractivity contribution in [1.29, 1.82) is 0 Å². The first-order chi connectivity index (χ1) is 7.52. The van der Waals surface area contributed by atoms with Gasteiger partial charge < -0.3 is 0 Å². The lowest BCUT2D eigenvalue weighted by Crippen LogP contribution is -2.64. The highest BCUT2D eigenvalue weighted by atomic mass is 14.7. The molecule has 3 rings (SSSR count). The van der Waals surface area contributed by atoms with Gasteiger partial charge in [-0.3, -0.25) is 0 Å². The van der Waals surface area contributed by atoms with Crippen LogP contribution in [-0.4, -0.2) is 0 Å². The molecule has 0 saturated heterocycles. The summed E-state index contributed by atoms with van der Waals surface area (Å²) in [6, 6.07) is 0. The molecule has 0 aromatic heterocycles. The van der Waals surface area contributed by atoms with Gasteiger partial charge in [0.1, 0.15) is 0 Å². The van der Waals surface area contributed by atoms with Crippen molar-refractivity contribution in [2.75, 3.05) is 0 Å². The van der Waals surface area contributed by atoms with Crippen LogP contribution in [0.25, 0.3) is 0 Å². The first-order valence-corrected chi connectivity index (χ1v) is 7.52. The molecule has 3 saturated carbocycles. The van der Waals surface area contributed by atoms with E-state index in [4.69, 9.17) is 0 Å². The fourth-order valence-corrected chi connectivity index (χ4v) is 5.34. The minimum atomic E-state index is 0.465. The number of hydrogen-bond donors (Lipinski definition) is 0. The van der Waals surface area contributed by atoms with E-state index in [0.717, 1.165) is 23.7 Å². The Labute approximate surface area is 109 Å². The van der Waals surface area contributed by atoms with Crippen LogP contribution in [0.5, 0.6) is 0 Å². The van der Waals surface area contributed by atoms with E-state index in [1.165, 1.54) is 12.8 Å². The molecule has 2 bridgehead atoms. The minimum Gasteiger partial charge on any atom is -0.0622 e. The van der Waals surface area contributed by atoms with Gasteiger partial charge in [0, 0.05) is 0 Å². The summed E-state index contributed by atoms with van der Waals surface area (Å²) >= 11 is 0. The molecular formula is C17H32. The quantitative estimate of drug-likeness (QED) is 0.573. The van der Waals surface area contributed by atoms with E-state index in [-0.39, 0.29) is 0 Å². The molecule has 3 aliphatic rings. The molecule has 4 unspecified atom stereocenters. The number of hydrogen-bond acceptors (Lipinski definition) is 0. The Morgan fingerprint density at radius 3 is 1.88 bits per heavy atom. The topological polar surface area (TPSA) is 0 Å². The highest BCUT2D eigenvalue weighted by molar-refractivity contribution is 5.13.